The van der Waals surface area contributed by atoms with Crippen LogP contribution in [-0.4, -0.2) is 5.91 Å². The number of rotatable bonds is 2. The first-order chi connectivity index (χ1) is 11.6. The smallest absolute Gasteiger partial charge is 0.253 e. The second kappa shape index (κ2) is 5.80. The minimum absolute atomic E-state index is 0.0478. The lowest BCUT2D eigenvalue weighted by atomic mass is 9.94. The van der Waals surface area contributed by atoms with Gasteiger partial charge in [0.05, 0.1) is 11.6 Å². The van der Waals surface area contributed by atoms with E-state index in [0.29, 0.717) is 0 Å². The molecule has 4 rings (SSSR count). The predicted molar refractivity (Wildman–Crippen MR) is 96.1 cm³/mol. The van der Waals surface area contributed by atoms with Crippen molar-refractivity contribution in [1.82, 2.24) is 5.32 Å². The molecular formula is C20H17NO2S. The minimum Gasteiger partial charge on any atom is -0.457 e. The van der Waals surface area contributed by atoms with Crippen LogP contribution in [0.5, 0.6) is 11.5 Å². The van der Waals surface area contributed by atoms with Crippen molar-refractivity contribution >= 4 is 17.2 Å². The summed E-state index contributed by atoms with van der Waals surface area (Å²) < 4.78 is 5.97. The highest BCUT2D eigenvalue weighted by molar-refractivity contribution is 7.12. The molecule has 0 aliphatic carbocycles. The maximum Gasteiger partial charge on any atom is 0.253 e. The lowest BCUT2D eigenvalue weighted by Gasteiger charge is -2.28. The van der Waals surface area contributed by atoms with Crippen LogP contribution in [0.25, 0.3) is 0 Å². The maximum atomic E-state index is 12.8. The molecule has 2 heterocycles. The number of benzene rings is 2. The van der Waals surface area contributed by atoms with Gasteiger partial charge in [-0.15, -0.1) is 11.3 Å². The molecule has 24 heavy (non-hydrogen) atoms. The number of amides is 1. The number of fused-ring (bicyclic) bond motifs is 2. The summed E-state index contributed by atoms with van der Waals surface area (Å²) in [5, 5.41) is 3.19. The Morgan fingerprint density at radius 1 is 1.00 bits per heavy atom. The average Bonchev–Trinajstić information content (AvgIpc) is 2.93. The lowest BCUT2D eigenvalue weighted by Crippen LogP contribution is -2.31. The highest BCUT2D eigenvalue weighted by Crippen LogP contribution is 2.42. The van der Waals surface area contributed by atoms with Crippen LogP contribution in [0.1, 0.15) is 37.3 Å². The Morgan fingerprint density at radius 3 is 2.12 bits per heavy atom. The summed E-state index contributed by atoms with van der Waals surface area (Å²) >= 11 is 1.65. The number of hydrogen-bond donors (Lipinski definition) is 1. The van der Waals surface area contributed by atoms with Gasteiger partial charge < -0.3 is 10.1 Å². The van der Waals surface area contributed by atoms with Crippen LogP contribution in [0.2, 0.25) is 0 Å². The summed E-state index contributed by atoms with van der Waals surface area (Å²) in [5.74, 6) is 1.53. The van der Waals surface area contributed by atoms with Crippen LogP contribution < -0.4 is 10.1 Å². The second-order valence-corrected chi connectivity index (χ2v) is 7.37. The van der Waals surface area contributed by atoms with Crippen molar-refractivity contribution < 1.29 is 9.53 Å². The Balaban J connectivity index is 1.75. The van der Waals surface area contributed by atoms with Crippen molar-refractivity contribution in [3.8, 4) is 11.5 Å². The van der Waals surface area contributed by atoms with Crippen LogP contribution in [0, 0.1) is 13.8 Å². The zero-order chi connectivity index (χ0) is 16.7. The van der Waals surface area contributed by atoms with Gasteiger partial charge in [0.2, 0.25) is 0 Å². The average molecular weight is 335 g/mol. The van der Waals surface area contributed by atoms with Crippen LogP contribution in [0.15, 0.2) is 54.6 Å². The normalized spacial score (nSPS) is 12.9. The number of hydrogen-bond acceptors (Lipinski definition) is 3. The first-order valence-electron chi connectivity index (χ1n) is 7.87. The van der Waals surface area contributed by atoms with Gasteiger partial charge in [-0.2, -0.15) is 0 Å². The highest BCUT2D eigenvalue weighted by atomic mass is 32.1. The molecule has 0 saturated carbocycles. The molecule has 1 amide bonds. The third-order valence-electron chi connectivity index (χ3n) is 4.24. The van der Waals surface area contributed by atoms with Gasteiger partial charge in [-0.1, -0.05) is 36.4 Å². The van der Waals surface area contributed by atoms with E-state index in [9.17, 15) is 4.79 Å². The van der Waals surface area contributed by atoms with E-state index < -0.39 is 0 Å². The Kier molecular flexibility index (Phi) is 3.62. The topological polar surface area (TPSA) is 38.3 Å². The van der Waals surface area contributed by atoms with Crippen LogP contribution in [0.3, 0.4) is 0 Å². The number of carbonyl (C=O) groups is 1. The molecule has 0 spiro atoms. The first-order valence-corrected chi connectivity index (χ1v) is 8.69. The molecule has 3 aromatic rings. The SMILES string of the molecule is Cc1cc(C(=O)NC2c3ccccc3Oc3ccccc32)c(C)s1. The van der Waals surface area contributed by atoms with Gasteiger partial charge in [0.1, 0.15) is 11.5 Å². The van der Waals surface area contributed by atoms with E-state index in [4.69, 9.17) is 4.74 Å². The van der Waals surface area contributed by atoms with Crippen LogP contribution in [0.4, 0.5) is 0 Å². The molecule has 0 saturated heterocycles. The third kappa shape index (κ3) is 2.49. The van der Waals surface area contributed by atoms with Crippen molar-refractivity contribution in [3.05, 3.63) is 81.0 Å². The molecule has 0 radical (unpaired) electrons. The van der Waals surface area contributed by atoms with Gasteiger partial charge in [-0.25, -0.2) is 0 Å². The number of para-hydroxylation sites is 2. The molecule has 1 aromatic heterocycles. The third-order valence-corrected chi connectivity index (χ3v) is 5.21. The Labute approximate surface area is 144 Å². The molecule has 120 valence electrons. The Morgan fingerprint density at radius 2 is 1.58 bits per heavy atom. The van der Waals surface area contributed by atoms with E-state index in [-0.39, 0.29) is 11.9 Å². The predicted octanol–water partition coefficient (Wildman–Crippen LogP) is 4.99. The number of thiophene rings is 1. The molecular weight excluding hydrogens is 318 g/mol. The van der Waals surface area contributed by atoms with E-state index in [1.54, 1.807) is 11.3 Å². The van der Waals surface area contributed by atoms with Crippen molar-refractivity contribution in [2.45, 2.75) is 19.9 Å². The molecule has 4 heteroatoms. The quantitative estimate of drug-likeness (QED) is 0.716. The van der Waals surface area contributed by atoms with Crippen LogP contribution >= 0.6 is 11.3 Å². The Hall–Kier alpha value is -2.59. The van der Waals surface area contributed by atoms with Crippen molar-refractivity contribution in [1.29, 1.82) is 0 Å². The molecule has 1 aliphatic rings. The van der Waals surface area contributed by atoms with Gasteiger partial charge in [0.25, 0.3) is 5.91 Å². The standard InChI is InChI=1S/C20H17NO2S/c1-12-11-16(13(2)24-12)20(22)21-19-14-7-3-5-9-17(14)23-18-10-6-4-8-15(18)19/h3-11,19H,1-2H3,(H,21,22). The molecule has 1 N–H and O–H groups in total. The van der Waals surface area contributed by atoms with E-state index in [0.717, 1.165) is 37.9 Å². The van der Waals surface area contributed by atoms with Gasteiger partial charge >= 0.3 is 0 Å². The largest absolute Gasteiger partial charge is 0.457 e. The number of ether oxygens (including phenoxy) is 1. The number of nitrogens with one attached hydrogen (secondary N) is 1. The molecule has 0 atom stereocenters. The van der Waals surface area contributed by atoms with E-state index in [2.05, 4.69) is 5.32 Å². The van der Waals surface area contributed by atoms with Crippen LogP contribution in [-0.2, 0) is 0 Å². The minimum atomic E-state index is -0.210. The fourth-order valence-electron chi connectivity index (χ4n) is 3.13. The molecule has 0 fully saturated rings. The lowest BCUT2D eigenvalue weighted by molar-refractivity contribution is 0.0941. The van der Waals surface area contributed by atoms with Crippen molar-refractivity contribution in [2.75, 3.05) is 0 Å². The number of aryl methyl sites for hydroxylation is 2. The summed E-state index contributed by atoms with van der Waals surface area (Å²) in [6.45, 7) is 4.01. The first kappa shape index (κ1) is 15.0. The van der Waals surface area contributed by atoms with Gasteiger partial charge in [0, 0.05) is 20.9 Å². The van der Waals surface area contributed by atoms with Gasteiger partial charge in [-0.3, -0.25) is 4.79 Å². The molecule has 3 nitrogen and oxygen atoms in total. The zero-order valence-corrected chi connectivity index (χ0v) is 14.3. The maximum absolute atomic E-state index is 12.8. The summed E-state index contributed by atoms with van der Waals surface area (Å²) in [6, 6.07) is 17.4. The summed E-state index contributed by atoms with van der Waals surface area (Å²) in [6.07, 6.45) is 0. The fourth-order valence-corrected chi connectivity index (χ4v) is 4.05. The molecule has 0 bridgehead atoms. The molecule has 0 unspecified atom stereocenters. The van der Waals surface area contributed by atoms with Gasteiger partial charge in [-0.05, 0) is 32.0 Å². The second-order valence-electron chi connectivity index (χ2n) is 5.91. The Bertz CT molecular complexity index is 883. The van der Waals surface area contributed by atoms with Crippen molar-refractivity contribution in [2.24, 2.45) is 0 Å². The summed E-state index contributed by atoms with van der Waals surface area (Å²) in [5.41, 5.74) is 2.71. The molecule has 2 aromatic carbocycles. The van der Waals surface area contributed by atoms with Gasteiger partial charge in [0.15, 0.2) is 0 Å². The highest BCUT2D eigenvalue weighted by Gasteiger charge is 2.28. The van der Waals surface area contributed by atoms with E-state index in [1.807, 2.05) is 68.4 Å². The monoisotopic (exact) mass is 335 g/mol. The fraction of sp³-hybridized carbons (Fsp3) is 0.150. The van der Waals surface area contributed by atoms with E-state index in [1.165, 1.54) is 0 Å². The van der Waals surface area contributed by atoms with E-state index >= 15 is 0 Å². The summed E-state index contributed by atoms with van der Waals surface area (Å²) in [7, 11) is 0. The summed E-state index contributed by atoms with van der Waals surface area (Å²) in [4.78, 5) is 15.0. The zero-order valence-electron chi connectivity index (χ0n) is 13.5. The van der Waals surface area contributed by atoms with Crippen molar-refractivity contribution in [3.63, 3.8) is 0 Å². The molecule has 1 aliphatic heterocycles. The number of carbonyl (C=O) groups excluding carboxylic acids is 1.